The van der Waals surface area contributed by atoms with Crippen LogP contribution >= 0.6 is 0 Å². The van der Waals surface area contributed by atoms with Gasteiger partial charge in [0.1, 0.15) is 6.04 Å². The van der Waals surface area contributed by atoms with E-state index in [4.69, 9.17) is 0 Å². The summed E-state index contributed by atoms with van der Waals surface area (Å²) < 4.78 is 1.72. The van der Waals surface area contributed by atoms with Crippen LogP contribution in [0.5, 0.6) is 0 Å². The van der Waals surface area contributed by atoms with Gasteiger partial charge in [0, 0.05) is 12.2 Å². The maximum Gasteiger partial charge on any atom is 0.244 e. The number of hydrogen-bond acceptors (Lipinski definition) is 3. The lowest BCUT2D eigenvalue weighted by Crippen LogP contribution is -2.39. The molecule has 1 aromatic rings. The van der Waals surface area contributed by atoms with Gasteiger partial charge >= 0.3 is 0 Å². The van der Waals surface area contributed by atoms with E-state index in [0.29, 0.717) is 6.54 Å². The molecular formula is C15H27N3O2. The van der Waals surface area contributed by atoms with Crippen molar-refractivity contribution in [2.75, 3.05) is 6.54 Å². The molecule has 5 heteroatoms. The molecule has 1 rings (SSSR count). The Bertz CT molecular complexity index is 438. The van der Waals surface area contributed by atoms with Gasteiger partial charge in [0.05, 0.1) is 11.8 Å². The molecule has 0 aliphatic carbocycles. The average Bonchev–Trinajstić information content (AvgIpc) is 2.75. The van der Waals surface area contributed by atoms with Gasteiger partial charge in [0.2, 0.25) is 5.91 Å². The molecule has 114 valence electrons. The highest BCUT2D eigenvalue weighted by atomic mass is 16.3. The summed E-state index contributed by atoms with van der Waals surface area (Å²) in [7, 11) is 0. The Balaban J connectivity index is 2.56. The van der Waals surface area contributed by atoms with Crippen LogP contribution in [0.1, 0.15) is 51.0 Å². The number of carbonyl (C=O) groups is 1. The lowest BCUT2D eigenvalue weighted by molar-refractivity contribution is -0.124. The number of aliphatic hydroxyl groups is 1. The first kappa shape index (κ1) is 16.7. The van der Waals surface area contributed by atoms with E-state index in [2.05, 4.69) is 24.3 Å². The van der Waals surface area contributed by atoms with E-state index in [1.165, 1.54) is 0 Å². The summed E-state index contributed by atoms with van der Waals surface area (Å²) in [6, 6.07) is 1.58. The van der Waals surface area contributed by atoms with E-state index in [-0.39, 0.29) is 17.9 Å². The van der Waals surface area contributed by atoms with Crippen molar-refractivity contribution >= 4 is 5.91 Å². The molecule has 2 N–H and O–H groups in total. The zero-order chi connectivity index (χ0) is 15.3. The summed E-state index contributed by atoms with van der Waals surface area (Å²) in [6.45, 7) is 10.1. The van der Waals surface area contributed by atoms with Gasteiger partial charge in [-0.25, -0.2) is 0 Å². The maximum absolute atomic E-state index is 12.1. The number of aromatic nitrogens is 2. The first-order valence-electron chi connectivity index (χ1n) is 7.39. The van der Waals surface area contributed by atoms with Gasteiger partial charge in [-0.2, -0.15) is 5.10 Å². The number of aliphatic hydroxyl groups excluding tert-OH is 1. The summed E-state index contributed by atoms with van der Waals surface area (Å²) >= 11 is 0. The van der Waals surface area contributed by atoms with Crippen molar-refractivity contribution in [3.05, 3.63) is 17.5 Å². The highest BCUT2D eigenvalue weighted by molar-refractivity contribution is 5.79. The van der Waals surface area contributed by atoms with Gasteiger partial charge in [0.15, 0.2) is 0 Å². The summed E-state index contributed by atoms with van der Waals surface area (Å²) in [5.41, 5.74) is 1.87. The minimum absolute atomic E-state index is 0.110. The molecular weight excluding hydrogens is 254 g/mol. The van der Waals surface area contributed by atoms with Crippen molar-refractivity contribution in [3.63, 3.8) is 0 Å². The smallest absolute Gasteiger partial charge is 0.244 e. The SMILES string of the molecule is CCC(CC)C(O)CNC(=O)C(C)n1nc(C)cc1C. The van der Waals surface area contributed by atoms with Crippen LogP contribution in [0.25, 0.3) is 0 Å². The third-order valence-electron chi connectivity index (χ3n) is 3.87. The predicted molar refractivity (Wildman–Crippen MR) is 79.5 cm³/mol. The van der Waals surface area contributed by atoms with E-state index in [9.17, 15) is 9.90 Å². The number of aryl methyl sites for hydroxylation is 2. The van der Waals surface area contributed by atoms with Crippen LogP contribution in [0.3, 0.4) is 0 Å². The van der Waals surface area contributed by atoms with E-state index in [0.717, 1.165) is 24.2 Å². The minimum atomic E-state index is -0.485. The zero-order valence-corrected chi connectivity index (χ0v) is 13.2. The summed E-state index contributed by atoms with van der Waals surface area (Å²) in [4.78, 5) is 12.1. The molecule has 0 fully saturated rings. The number of rotatable bonds is 7. The molecule has 0 bridgehead atoms. The normalized spacial score (nSPS) is 14.3. The second-order valence-electron chi connectivity index (χ2n) is 5.44. The van der Waals surface area contributed by atoms with Crippen LogP contribution < -0.4 is 5.32 Å². The number of nitrogens with one attached hydrogen (secondary N) is 1. The highest BCUT2D eigenvalue weighted by Crippen LogP contribution is 2.13. The fourth-order valence-electron chi connectivity index (χ4n) is 2.50. The molecule has 20 heavy (non-hydrogen) atoms. The fraction of sp³-hybridized carbons (Fsp3) is 0.733. The van der Waals surface area contributed by atoms with Gasteiger partial charge in [-0.1, -0.05) is 26.7 Å². The Morgan fingerprint density at radius 1 is 1.40 bits per heavy atom. The number of amides is 1. The van der Waals surface area contributed by atoms with Gasteiger partial charge in [-0.15, -0.1) is 0 Å². The molecule has 0 aliphatic rings. The largest absolute Gasteiger partial charge is 0.391 e. The average molecular weight is 281 g/mol. The van der Waals surface area contributed by atoms with Crippen molar-refractivity contribution in [3.8, 4) is 0 Å². The van der Waals surface area contributed by atoms with E-state index in [1.807, 2.05) is 26.8 Å². The van der Waals surface area contributed by atoms with E-state index < -0.39 is 6.10 Å². The topological polar surface area (TPSA) is 67.2 Å². The number of nitrogens with zero attached hydrogens (tertiary/aromatic N) is 2. The highest BCUT2D eigenvalue weighted by Gasteiger charge is 2.20. The minimum Gasteiger partial charge on any atom is -0.391 e. The molecule has 0 radical (unpaired) electrons. The number of carbonyl (C=O) groups excluding carboxylic acids is 1. The Morgan fingerprint density at radius 2 is 2.00 bits per heavy atom. The third kappa shape index (κ3) is 4.07. The van der Waals surface area contributed by atoms with Crippen molar-refractivity contribution in [1.29, 1.82) is 0 Å². The Morgan fingerprint density at radius 3 is 2.45 bits per heavy atom. The monoisotopic (exact) mass is 281 g/mol. The summed E-state index contributed by atoms with van der Waals surface area (Å²) in [6.07, 6.45) is 1.35. The van der Waals surface area contributed by atoms with Crippen molar-refractivity contribution in [1.82, 2.24) is 15.1 Å². The fourth-order valence-corrected chi connectivity index (χ4v) is 2.50. The first-order chi connectivity index (χ1) is 9.40. The lowest BCUT2D eigenvalue weighted by Gasteiger charge is -2.21. The number of hydrogen-bond donors (Lipinski definition) is 2. The molecule has 0 spiro atoms. The standard InChI is InChI=1S/C15H27N3O2/c1-6-13(7-2)14(19)9-16-15(20)12(5)18-11(4)8-10(3)17-18/h8,12-14,19H,6-7,9H2,1-5H3,(H,16,20). The van der Waals surface area contributed by atoms with Gasteiger partial charge in [-0.05, 0) is 32.8 Å². The molecule has 0 saturated carbocycles. The molecule has 0 saturated heterocycles. The van der Waals surface area contributed by atoms with Crippen LogP contribution in [-0.2, 0) is 4.79 Å². The second kappa shape index (κ2) is 7.43. The van der Waals surface area contributed by atoms with E-state index in [1.54, 1.807) is 4.68 Å². The Kier molecular flexibility index (Phi) is 6.20. The Labute approximate surface area is 121 Å². The molecule has 2 atom stereocenters. The van der Waals surface area contributed by atoms with E-state index >= 15 is 0 Å². The molecule has 5 nitrogen and oxygen atoms in total. The predicted octanol–water partition coefficient (Wildman–Crippen LogP) is 1.97. The van der Waals surface area contributed by atoms with Crippen molar-refractivity contribution in [2.45, 2.75) is 59.6 Å². The van der Waals surface area contributed by atoms with Crippen LogP contribution in [0, 0.1) is 19.8 Å². The summed E-state index contributed by atoms with van der Waals surface area (Å²) in [5.74, 6) is 0.125. The molecule has 1 amide bonds. The van der Waals surface area contributed by atoms with Gasteiger partial charge < -0.3 is 10.4 Å². The van der Waals surface area contributed by atoms with Crippen LogP contribution in [0.15, 0.2) is 6.07 Å². The van der Waals surface area contributed by atoms with Crippen LogP contribution in [0.4, 0.5) is 0 Å². The molecule has 1 heterocycles. The first-order valence-corrected chi connectivity index (χ1v) is 7.39. The quantitative estimate of drug-likeness (QED) is 0.803. The van der Waals surface area contributed by atoms with Crippen LogP contribution in [0.2, 0.25) is 0 Å². The van der Waals surface area contributed by atoms with Crippen LogP contribution in [-0.4, -0.2) is 33.4 Å². The third-order valence-corrected chi connectivity index (χ3v) is 3.87. The lowest BCUT2D eigenvalue weighted by atomic mass is 9.96. The molecule has 0 aromatic carbocycles. The van der Waals surface area contributed by atoms with Crippen molar-refractivity contribution < 1.29 is 9.90 Å². The molecule has 1 aromatic heterocycles. The van der Waals surface area contributed by atoms with Gasteiger partial charge in [0.25, 0.3) is 0 Å². The van der Waals surface area contributed by atoms with Gasteiger partial charge in [-0.3, -0.25) is 9.48 Å². The molecule has 2 unspecified atom stereocenters. The second-order valence-corrected chi connectivity index (χ2v) is 5.44. The maximum atomic E-state index is 12.1. The zero-order valence-electron chi connectivity index (χ0n) is 13.2. The molecule has 0 aliphatic heterocycles. The van der Waals surface area contributed by atoms with Crippen molar-refractivity contribution in [2.24, 2.45) is 5.92 Å². The Hall–Kier alpha value is -1.36. The summed E-state index contributed by atoms with van der Waals surface area (Å²) in [5, 5.41) is 17.2.